The second kappa shape index (κ2) is 6.17. The van der Waals surface area contributed by atoms with Crippen molar-refractivity contribution in [1.29, 1.82) is 0 Å². The van der Waals surface area contributed by atoms with Crippen molar-refractivity contribution in [1.82, 2.24) is 4.90 Å². The minimum atomic E-state index is 0.201. The number of ether oxygens (including phenoxy) is 1. The van der Waals surface area contributed by atoms with Crippen LogP contribution in [0.4, 0.5) is 0 Å². The molecule has 0 amide bonds. The van der Waals surface area contributed by atoms with Crippen LogP contribution in [0.15, 0.2) is 0 Å². The third-order valence-corrected chi connectivity index (χ3v) is 4.58. The Morgan fingerprint density at radius 2 is 1.88 bits per heavy atom. The van der Waals surface area contributed by atoms with Crippen LogP contribution >= 0.6 is 0 Å². The fourth-order valence-corrected chi connectivity index (χ4v) is 2.92. The number of nitrogens with zero attached hydrogens (tertiary/aromatic N) is 1. The fraction of sp³-hybridized carbons (Fsp3) is 1.00. The van der Waals surface area contributed by atoms with Gasteiger partial charge in [0.25, 0.3) is 0 Å². The van der Waals surface area contributed by atoms with Crippen LogP contribution in [0.5, 0.6) is 0 Å². The van der Waals surface area contributed by atoms with Crippen molar-refractivity contribution < 1.29 is 4.74 Å². The molecule has 0 heterocycles. The monoisotopic (exact) mass is 242 g/mol. The molecule has 0 aromatic rings. The molecule has 0 saturated heterocycles. The van der Waals surface area contributed by atoms with Crippen molar-refractivity contribution in [2.45, 2.75) is 51.5 Å². The lowest BCUT2D eigenvalue weighted by Gasteiger charge is -2.41. The molecular formula is C14H30N2O. The first-order chi connectivity index (χ1) is 7.96. The van der Waals surface area contributed by atoms with E-state index in [2.05, 4.69) is 25.8 Å². The summed E-state index contributed by atoms with van der Waals surface area (Å²) >= 11 is 0. The highest BCUT2D eigenvalue weighted by Gasteiger charge is 2.37. The van der Waals surface area contributed by atoms with Gasteiger partial charge in [-0.05, 0) is 38.1 Å². The number of methoxy groups -OCH3 is 1. The third kappa shape index (κ3) is 3.94. The van der Waals surface area contributed by atoms with Crippen LogP contribution in [0.25, 0.3) is 0 Å². The van der Waals surface area contributed by atoms with Crippen LogP contribution in [0.1, 0.15) is 46.0 Å². The zero-order valence-corrected chi connectivity index (χ0v) is 12.1. The van der Waals surface area contributed by atoms with Crippen LogP contribution in [0.3, 0.4) is 0 Å². The maximum Gasteiger partial charge on any atom is 0.0589 e. The summed E-state index contributed by atoms with van der Waals surface area (Å²) in [6.07, 6.45) is 6.35. The van der Waals surface area contributed by atoms with E-state index in [-0.39, 0.29) is 5.54 Å². The predicted molar refractivity (Wildman–Crippen MR) is 73.2 cm³/mol. The molecule has 1 saturated carbocycles. The summed E-state index contributed by atoms with van der Waals surface area (Å²) in [5.41, 5.74) is 6.77. The fourth-order valence-electron chi connectivity index (χ4n) is 2.92. The maximum absolute atomic E-state index is 6.09. The SMILES string of the molecule is COCCN(C)C1(CN)CCCC(C)(C)CC1. The van der Waals surface area contributed by atoms with E-state index in [1.807, 2.05) is 0 Å². The molecule has 0 aromatic carbocycles. The summed E-state index contributed by atoms with van der Waals surface area (Å²) in [5, 5.41) is 0. The van der Waals surface area contributed by atoms with E-state index in [1.54, 1.807) is 7.11 Å². The molecule has 0 aliphatic heterocycles. The average molecular weight is 242 g/mol. The minimum absolute atomic E-state index is 0.201. The molecule has 1 atom stereocenters. The summed E-state index contributed by atoms with van der Waals surface area (Å²) in [5.74, 6) is 0. The minimum Gasteiger partial charge on any atom is -0.383 e. The highest BCUT2D eigenvalue weighted by molar-refractivity contribution is 4.94. The molecule has 0 spiro atoms. The van der Waals surface area contributed by atoms with Crippen molar-refractivity contribution in [3.8, 4) is 0 Å². The van der Waals surface area contributed by atoms with E-state index in [4.69, 9.17) is 10.5 Å². The number of nitrogens with two attached hydrogens (primary N) is 1. The Labute approximate surface area is 107 Å². The Hall–Kier alpha value is -0.120. The Morgan fingerprint density at radius 1 is 1.18 bits per heavy atom. The van der Waals surface area contributed by atoms with E-state index >= 15 is 0 Å². The first-order valence-corrected chi connectivity index (χ1v) is 6.86. The van der Waals surface area contributed by atoms with E-state index in [1.165, 1.54) is 32.1 Å². The van der Waals surface area contributed by atoms with E-state index in [0.29, 0.717) is 5.41 Å². The molecule has 3 nitrogen and oxygen atoms in total. The second-order valence-corrected chi connectivity index (χ2v) is 6.36. The smallest absolute Gasteiger partial charge is 0.0589 e. The van der Waals surface area contributed by atoms with Crippen molar-refractivity contribution >= 4 is 0 Å². The standard InChI is InChI=1S/C14H30N2O/c1-13(2)6-5-7-14(12-15,9-8-13)16(3)10-11-17-4/h5-12,15H2,1-4H3. The molecule has 1 unspecified atom stereocenters. The highest BCUT2D eigenvalue weighted by atomic mass is 16.5. The Kier molecular flexibility index (Phi) is 5.42. The molecule has 0 radical (unpaired) electrons. The van der Waals surface area contributed by atoms with Gasteiger partial charge in [-0.1, -0.05) is 20.3 Å². The highest BCUT2D eigenvalue weighted by Crippen LogP contribution is 2.39. The van der Waals surface area contributed by atoms with Crippen molar-refractivity contribution in [3.63, 3.8) is 0 Å². The molecule has 1 rings (SSSR count). The summed E-state index contributed by atoms with van der Waals surface area (Å²) in [4.78, 5) is 2.43. The summed E-state index contributed by atoms with van der Waals surface area (Å²) in [7, 11) is 3.96. The van der Waals surface area contributed by atoms with Gasteiger partial charge < -0.3 is 10.5 Å². The normalized spacial score (nSPS) is 29.3. The molecule has 102 valence electrons. The summed E-state index contributed by atoms with van der Waals surface area (Å²) < 4.78 is 5.18. The van der Waals surface area contributed by atoms with Gasteiger partial charge in [-0.2, -0.15) is 0 Å². The first kappa shape index (κ1) is 14.9. The van der Waals surface area contributed by atoms with Crippen LogP contribution in [-0.2, 0) is 4.74 Å². The lowest BCUT2D eigenvalue weighted by molar-refractivity contribution is 0.0695. The number of hydrogen-bond donors (Lipinski definition) is 1. The van der Waals surface area contributed by atoms with Gasteiger partial charge in [-0.3, -0.25) is 4.90 Å². The van der Waals surface area contributed by atoms with E-state index in [9.17, 15) is 0 Å². The number of likely N-dealkylation sites (N-methyl/N-ethyl adjacent to an activating group) is 1. The molecule has 3 heteroatoms. The van der Waals surface area contributed by atoms with Gasteiger partial charge in [-0.15, -0.1) is 0 Å². The number of hydrogen-bond acceptors (Lipinski definition) is 3. The van der Waals surface area contributed by atoms with Crippen LogP contribution in [0.2, 0.25) is 0 Å². The van der Waals surface area contributed by atoms with Crippen LogP contribution in [-0.4, -0.2) is 44.3 Å². The van der Waals surface area contributed by atoms with Crippen LogP contribution in [0, 0.1) is 5.41 Å². The van der Waals surface area contributed by atoms with E-state index in [0.717, 1.165) is 19.7 Å². The van der Waals surface area contributed by atoms with Crippen molar-refractivity contribution in [3.05, 3.63) is 0 Å². The van der Waals surface area contributed by atoms with E-state index < -0.39 is 0 Å². The molecule has 0 bridgehead atoms. The second-order valence-electron chi connectivity index (χ2n) is 6.36. The van der Waals surface area contributed by atoms with Gasteiger partial charge in [0.15, 0.2) is 0 Å². The largest absolute Gasteiger partial charge is 0.383 e. The van der Waals surface area contributed by atoms with Gasteiger partial charge in [0.1, 0.15) is 0 Å². The molecule has 2 N–H and O–H groups in total. The predicted octanol–water partition coefficient (Wildman–Crippen LogP) is 2.25. The van der Waals surface area contributed by atoms with Crippen LogP contribution < -0.4 is 5.73 Å². The van der Waals surface area contributed by atoms with Gasteiger partial charge in [-0.25, -0.2) is 0 Å². The lowest BCUT2D eigenvalue weighted by atomic mass is 9.83. The Morgan fingerprint density at radius 3 is 2.47 bits per heavy atom. The van der Waals surface area contributed by atoms with Gasteiger partial charge in [0.05, 0.1) is 6.61 Å². The van der Waals surface area contributed by atoms with Gasteiger partial charge in [0, 0.05) is 25.7 Å². The first-order valence-electron chi connectivity index (χ1n) is 6.86. The molecule has 1 aliphatic carbocycles. The quantitative estimate of drug-likeness (QED) is 0.752. The topological polar surface area (TPSA) is 38.5 Å². The third-order valence-electron chi connectivity index (χ3n) is 4.58. The molecule has 1 aliphatic rings. The van der Waals surface area contributed by atoms with Crippen molar-refractivity contribution in [2.75, 3.05) is 33.9 Å². The van der Waals surface area contributed by atoms with Gasteiger partial charge in [0.2, 0.25) is 0 Å². The average Bonchev–Trinajstić information content (AvgIpc) is 2.45. The zero-order valence-electron chi connectivity index (χ0n) is 12.1. The molecular weight excluding hydrogens is 212 g/mol. The summed E-state index contributed by atoms with van der Waals surface area (Å²) in [6.45, 7) is 7.31. The zero-order chi connectivity index (χ0) is 12.9. The molecule has 1 fully saturated rings. The summed E-state index contributed by atoms with van der Waals surface area (Å²) in [6, 6.07) is 0. The Bertz CT molecular complexity index is 230. The number of rotatable bonds is 5. The molecule has 17 heavy (non-hydrogen) atoms. The maximum atomic E-state index is 6.09. The lowest BCUT2D eigenvalue weighted by Crippen LogP contribution is -2.52. The molecule has 0 aromatic heterocycles. The van der Waals surface area contributed by atoms with Gasteiger partial charge >= 0.3 is 0 Å². The van der Waals surface area contributed by atoms with Crippen molar-refractivity contribution in [2.24, 2.45) is 11.1 Å². The Balaban J connectivity index is 2.67.